The Labute approximate surface area is 153 Å². The zero-order valence-electron chi connectivity index (χ0n) is 13.6. The molecule has 0 amide bonds. The highest BCUT2D eigenvalue weighted by Crippen LogP contribution is 2.12. The van der Waals surface area contributed by atoms with Crippen molar-refractivity contribution in [1.29, 1.82) is 0 Å². The van der Waals surface area contributed by atoms with Crippen LogP contribution in [0.15, 0.2) is 17.4 Å². The van der Waals surface area contributed by atoms with Crippen molar-refractivity contribution >= 4 is 29.9 Å². The van der Waals surface area contributed by atoms with Crippen LogP contribution < -0.4 is 10.6 Å². The van der Waals surface area contributed by atoms with Gasteiger partial charge in [-0.2, -0.15) is 8.78 Å². The van der Waals surface area contributed by atoms with Gasteiger partial charge in [-0.3, -0.25) is 4.57 Å². The van der Waals surface area contributed by atoms with Crippen LogP contribution in [-0.2, 0) is 11.3 Å². The smallest absolute Gasteiger partial charge is 0.319 e. The van der Waals surface area contributed by atoms with E-state index < -0.39 is 6.55 Å². The first kappa shape index (κ1) is 22.0. The third-order valence-corrected chi connectivity index (χ3v) is 2.89. The number of imidazole rings is 1. The molecule has 0 atom stereocenters. The molecule has 0 saturated carbocycles. The molecule has 2 N–H and O–H groups in total. The molecule has 134 valence electrons. The first-order valence-electron chi connectivity index (χ1n) is 7.58. The Balaban J connectivity index is 0.00000484. The van der Waals surface area contributed by atoms with Gasteiger partial charge >= 0.3 is 6.55 Å². The van der Waals surface area contributed by atoms with E-state index in [-0.39, 0.29) is 36.3 Å². The molecular formula is C14H26F2IN5O. The SMILES string of the molecule is CCNC(=NCc1nccn1C(F)F)NCCCCOCC.I. The Kier molecular flexibility index (Phi) is 12.9. The predicted octanol–water partition coefficient (Wildman–Crippen LogP) is 2.77. The van der Waals surface area contributed by atoms with Crippen molar-refractivity contribution in [1.82, 2.24) is 20.2 Å². The number of rotatable bonds is 10. The van der Waals surface area contributed by atoms with Gasteiger partial charge in [-0.1, -0.05) is 0 Å². The van der Waals surface area contributed by atoms with Gasteiger partial charge in [0.25, 0.3) is 0 Å². The second kappa shape index (κ2) is 13.5. The standard InChI is InChI=1S/C14H25F2N5O.HI/c1-3-17-14(19-7-5-6-10-22-4-2)20-11-12-18-8-9-21(12)13(15)16;/h8-9,13H,3-7,10-11H2,1-2H3,(H2,17,19,20);1H. The van der Waals surface area contributed by atoms with Crippen LogP contribution in [0.5, 0.6) is 0 Å². The molecule has 0 unspecified atom stereocenters. The van der Waals surface area contributed by atoms with Crippen LogP contribution in [0.25, 0.3) is 0 Å². The van der Waals surface area contributed by atoms with Crippen LogP contribution in [0.2, 0.25) is 0 Å². The molecule has 9 heteroatoms. The lowest BCUT2D eigenvalue weighted by Gasteiger charge is -2.11. The molecule has 0 radical (unpaired) electrons. The third-order valence-electron chi connectivity index (χ3n) is 2.89. The first-order chi connectivity index (χ1) is 10.7. The van der Waals surface area contributed by atoms with Crippen molar-refractivity contribution < 1.29 is 13.5 Å². The van der Waals surface area contributed by atoms with Crippen molar-refractivity contribution in [3.05, 3.63) is 18.2 Å². The zero-order valence-corrected chi connectivity index (χ0v) is 15.9. The van der Waals surface area contributed by atoms with E-state index in [1.165, 1.54) is 12.4 Å². The Morgan fingerprint density at radius 3 is 2.78 bits per heavy atom. The Hall–Kier alpha value is -0.970. The number of alkyl halides is 2. The molecule has 0 aliphatic carbocycles. The van der Waals surface area contributed by atoms with Crippen molar-refractivity contribution in [3.8, 4) is 0 Å². The summed E-state index contributed by atoms with van der Waals surface area (Å²) in [5.41, 5.74) is 0. The minimum absolute atomic E-state index is 0. The molecule has 0 fully saturated rings. The number of hydrogen-bond donors (Lipinski definition) is 2. The molecule has 23 heavy (non-hydrogen) atoms. The highest BCUT2D eigenvalue weighted by molar-refractivity contribution is 14.0. The summed E-state index contributed by atoms with van der Waals surface area (Å²) in [6.07, 6.45) is 4.53. The second-order valence-electron chi connectivity index (χ2n) is 4.55. The number of aromatic nitrogens is 2. The molecule has 1 rings (SSSR count). The van der Waals surface area contributed by atoms with Gasteiger partial charge in [0.1, 0.15) is 12.4 Å². The van der Waals surface area contributed by atoms with E-state index in [4.69, 9.17) is 4.74 Å². The highest BCUT2D eigenvalue weighted by atomic mass is 127. The number of hydrogen-bond acceptors (Lipinski definition) is 3. The van der Waals surface area contributed by atoms with Crippen molar-refractivity contribution in [2.75, 3.05) is 26.3 Å². The number of unbranched alkanes of at least 4 members (excludes halogenated alkanes) is 1. The third kappa shape index (κ3) is 9.04. The Morgan fingerprint density at radius 2 is 2.13 bits per heavy atom. The lowest BCUT2D eigenvalue weighted by atomic mass is 10.3. The van der Waals surface area contributed by atoms with E-state index in [2.05, 4.69) is 20.6 Å². The summed E-state index contributed by atoms with van der Waals surface area (Å²) in [6, 6.07) is 0. The van der Waals surface area contributed by atoms with Gasteiger partial charge in [0.15, 0.2) is 5.96 Å². The quantitative estimate of drug-likeness (QED) is 0.252. The minimum Gasteiger partial charge on any atom is -0.382 e. The molecule has 1 aromatic rings. The summed E-state index contributed by atoms with van der Waals surface area (Å²) in [6.45, 7) is 4.36. The summed E-state index contributed by atoms with van der Waals surface area (Å²) in [7, 11) is 0. The van der Waals surface area contributed by atoms with Crippen molar-refractivity contribution in [2.24, 2.45) is 4.99 Å². The van der Waals surface area contributed by atoms with Crippen LogP contribution in [0.3, 0.4) is 0 Å². The maximum atomic E-state index is 12.7. The normalized spacial score (nSPS) is 11.4. The van der Waals surface area contributed by atoms with E-state index in [0.29, 0.717) is 12.5 Å². The van der Waals surface area contributed by atoms with Crippen LogP contribution in [0.1, 0.15) is 39.1 Å². The maximum Gasteiger partial charge on any atom is 0.319 e. The van der Waals surface area contributed by atoms with Crippen LogP contribution in [0, 0.1) is 0 Å². The summed E-state index contributed by atoms with van der Waals surface area (Å²) >= 11 is 0. The molecule has 0 aliphatic heterocycles. The average Bonchev–Trinajstić information content (AvgIpc) is 2.97. The van der Waals surface area contributed by atoms with E-state index >= 15 is 0 Å². The number of nitrogens with one attached hydrogen (secondary N) is 2. The van der Waals surface area contributed by atoms with E-state index in [9.17, 15) is 8.78 Å². The molecule has 0 saturated heterocycles. The van der Waals surface area contributed by atoms with E-state index in [0.717, 1.165) is 37.2 Å². The summed E-state index contributed by atoms with van der Waals surface area (Å²) in [5.74, 6) is 0.839. The zero-order chi connectivity index (χ0) is 16.2. The summed E-state index contributed by atoms with van der Waals surface area (Å²) < 4.78 is 31.5. The van der Waals surface area contributed by atoms with Gasteiger partial charge in [0.05, 0.1) is 0 Å². The molecule has 6 nitrogen and oxygen atoms in total. The second-order valence-corrected chi connectivity index (χ2v) is 4.55. The van der Waals surface area contributed by atoms with E-state index in [1.54, 1.807) is 0 Å². The molecule has 0 bridgehead atoms. The fraction of sp³-hybridized carbons (Fsp3) is 0.714. The van der Waals surface area contributed by atoms with Crippen molar-refractivity contribution in [2.45, 2.75) is 39.8 Å². The molecular weight excluding hydrogens is 419 g/mol. The lowest BCUT2D eigenvalue weighted by molar-refractivity contribution is 0.0671. The minimum atomic E-state index is -2.60. The molecule has 0 spiro atoms. The number of nitrogens with zero attached hydrogens (tertiary/aromatic N) is 3. The van der Waals surface area contributed by atoms with E-state index in [1.807, 2.05) is 13.8 Å². The first-order valence-corrected chi connectivity index (χ1v) is 7.58. The fourth-order valence-corrected chi connectivity index (χ4v) is 1.82. The van der Waals surface area contributed by atoms with Gasteiger partial charge in [0, 0.05) is 38.7 Å². The Bertz CT molecular complexity index is 443. The van der Waals surface area contributed by atoms with Gasteiger partial charge in [-0.05, 0) is 26.7 Å². The summed E-state index contributed by atoms with van der Waals surface area (Å²) in [4.78, 5) is 8.18. The average molecular weight is 445 g/mol. The monoisotopic (exact) mass is 445 g/mol. The van der Waals surface area contributed by atoms with Crippen LogP contribution in [-0.4, -0.2) is 41.8 Å². The topological polar surface area (TPSA) is 63.5 Å². The van der Waals surface area contributed by atoms with Gasteiger partial charge in [0.2, 0.25) is 0 Å². The highest BCUT2D eigenvalue weighted by Gasteiger charge is 2.10. The number of ether oxygens (including phenoxy) is 1. The molecule has 1 heterocycles. The predicted molar refractivity (Wildman–Crippen MR) is 97.4 cm³/mol. The van der Waals surface area contributed by atoms with Gasteiger partial charge < -0.3 is 15.4 Å². The summed E-state index contributed by atoms with van der Waals surface area (Å²) in [5, 5.41) is 6.25. The van der Waals surface area contributed by atoms with Gasteiger partial charge in [-0.25, -0.2) is 9.98 Å². The van der Waals surface area contributed by atoms with Crippen LogP contribution >= 0.6 is 24.0 Å². The molecule has 0 aliphatic rings. The molecule has 0 aromatic carbocycles. The van der Waals surface area contributed by atoms with Crippen LogP contribution in [0.4, 0.5) is 8.78 Å². The fourth-order valence-electron chi connectivity index (χ4n) is 1.82. The molecule has 1 aromatic heterocycles. The maximum absolute atomic E-state index is 12.7. The lowest BCUT2D eigenvalue weighted by Crippen LogP contribution is -2.37. The number of guanidine groups is 1. The van der Waals surface area contributed by atoms with Gasteiger partial charge in [-0.15, -0.1) is 24.0 Å². The van der Waals surface area contributed by atoms with Crippen molar-refractivity contribution in [3.63, 3.8) is 0 Å². The number of aliphatic imine (C=N–C) groups is 1. The Morgan fingerprint density at radius 1 is 1.35 bits per heavy atom. The largest absolute Gasteiger partial charge is 0.382 e. The number of halogens is 3.